The maximum atomic E-state index is 14.1. The Morgan fingerprint density at radius 2 is 1.25 bits per heavy atom. The number of hydrogen-bond donors (Lipinski definition) is 10. The Hall–Kier alpha value is -5.03. The van der Waals surface area contributed by atoms with E-state index in [0.29, 0.717) is 24.9 Å². The Kier molecular flexibility index (Phi) is 18.8. The number of benzene rings is 1. The summed E-state index contributed by atoms with van der Waals surface area (Å²) in [4.78, 5) is 95.4. The molecule has 6 atom stereocenters. The maximum Gasteiger partial charge on any atom is 0.243 e. The van der Waals surface area contributed by atoms with Crippen LogP contribution in [0.15, 0.2) is 30.5 Å². The minimum Gasteiger partial charge on any atom is -0.370 e. The fourth-order valence-corrected chi connectivity index (χ4v) is 5.93. The molecule has 17 nitrogen and oxygen atoms in total. The van der Waals surface area contributed by atoms with Gasteiger partial charge in [0.1, 0.15) is 30.2 Å². The molecule has 1 aromatic carbocycles. The Morgan fingerprint density at radius 3 is 1.84 bits per heavy atom. The van der Waals surface area contributed by atoms with E-state index in [1.807, 2.05) is 38.1 Å². The second-order valence-electron chi connectivity index (χ2n) is 15.1. The molecule has 0 bridgehead atoms. The number of primary amides is 2. The summed E-state index contributed by atoms with van der Waals surface area (Å²) >= 11 is 0. The number of para-hydroxylation sites is 1. The third-order valence-electron chi connectivity index (χ3n) is 9.26. The van der Waals surface area contributed by atoms with Crippen molar-refractivity contribution in [3.8, 4) is 0 Å². The van der Waals surface area contributed by atoms with Gasteiger partial charge in [-0.1, -0.05) is 59.7 Å². The zero-order chi connectivity index (χ0) is 41.4. The van der Waals surface area contributed by atoms with E-state index < -0.39 is 83.5 Å². The van der Waals surface area contributed by atoms with Crippen molar-refractivity contribution in [1.29, 1.82) is 0 Å². The SMILES string of the molecule is CC(C)C[C@H](NC(=O)[C@@H](N)C(C)C)C(=O)N[C@@H](CCC(N)=O)C(=O)N[C@@H](Cc1c[nH]c2ccccc12)C(=O)N[C@H](C(=O)N[C@@H](CCCCN)C(N)=O)C(C)C. The van der Waals surface area contributed by atoms with Crippen molar-refractivity contribution in [3.63, 3.8) is 0 Å². The zero-order valence-electron chi connectivity index (χ0n) is 32.9. The molecule has 0 saturated heterocycles. The molecule has 55 heavy (non-hydrogen) atoms. The summed E-state index contributed by atoms with van der Waals surface area (Å²) in [5.74, 6) is -5.54. The molecule has 1 heterocycles. The highest BCUT2D eigenvalue weighted by molar-refractivity contribution is 5.97. The van der Waals surface area contributed by atoms with Gasteiger partial charge in [-0.05, 0) is 68.0 Å². The number of rotatable bonds is 24. The molecule has 0 aliphatic heterocycles. The number of aromatic amines is 1. The summed E-state index contributed by atoms with van der Waals surface area (Å²) in [5.41, 5.74) is 24.0. The van der Waals surface area contributed by atoms with Crippen molar-refractivity contribution in [3.05, 3.63) is 36.0 Å². The molecule has 0 radical (unpaired) electrons. The smallest absolute Gasteiger partial charge is 0.243 e. The number of aromatic nitrogens is 1. The lowest BCUT2D eigenvalue weighted by Crippen LogP contribution is -2.60. The van der Waals surface area contributed by atoms with E-state index in [1.54, 1.807) is 33.9 Å². The van der Waals surface area contributed by atoms with Crippen LogP contribution < -0.4 is 49.5 Å². The number of amides is 7. The number of H-pyrrole nitrogens is 1. The number of fused-ring (bicyclic) bond motifs is 1. The first kappa shape index (κ1) is 46.1. The third kappa shape index (κ3) is 15.0. The summed E-state index contributed by atoms with van der Waals surface area (Å²) in [6, 6.07) is 0.668. The summed E-state index contributed by atoms with van der Waals surface area (Å²) < 4.78 is 0. The summed E-state index contributed by atoms with van der Waals surface area (Å²) in [7, 11) is 0. The van der Waals surface area contributed by atoms with Gasteiger partial charge in [0.2, 0.25) is 41.4 Å². The van der Waals surface area contributed by atoms with E-state index in [2.05, 4.69) is 31.6 Å². The summed E-state index contributed by atoms with van der Waals surface area (Å²) in [6.45, 7) is 11.1. The van der Waals surface area contributed by atoms with Gasteiger partial charge in [-0.2, -0.15) is 0 Å². The van der Waals surface area contributed by atoms with Gasteiger partial charge in [0.15, 0.2) is 0 Å². The van der Waals surface area contributed by atoms with E-state index >= 15 is 0 Å². The molecule has 306 valence electrons. The van der Waals surface area contributed by atoms with E-state index in [4.69, 9.17) is 22.9 Å². The van der Waals surface area contributed by atoms with Crippen LogP contribution in [0.2, 0.25) is 0 Å². The predicted molar refractivity (Wildman–Crippen MR) is 209 cm³/mol. The molecule has 0 unspecified atom stereocenters. The number of hydrogen-bond acceptors (Lipinski definition) is 9. The molecule has 0 spiro atoms. The van der Waals surface area contributed by atoms with Crippen molar-refractivity contribution in [2.24, 2.45) is 40.7 Å². The molecule has 1 aromatic heterocycles. The second kappa shape index (κ2) is 22.4. The van der Waals surface area contributed by atoms with Crippen molar-refractivity contribution >= 4 is 52.3 Å². The predicted octanol–water partition coefficient (Wildman–Crippen LogP) is -0.300. The average molecular weight is 771 g/mol. The first-order chi connectivity index (χ1) is 25.9. The number of unbranched alkanes of at least 4 members (excludes halogenated alkanes) is 1. The molecule has 7 amide bonds. The lowest BCUT2D eigenvalue weighted by atomic mass is 9.99. The molecule has 17 heteroatoms. The monoisotopic (exact) mass is 770 g/mol. The molecule has 0 fully saturated rings. The Bertz CT molecular complexity index is 1630. The minimum atomic E-state index is -1.35. The van der Waals surface area contributed by atoms with Crippen LogP contribution in [-0.2, 0) is 40.0 Å². The van der Waals surface area contributed by atoms with Crippen molar-refractivity contribution in [2.45, 2.75) is 123 Å². The van der Waals surface area contributed by atoms with Gasteiger partial charge in [-0.3, -0.25) is 33.6 Å². The molecule has 2 aromatic rings. The maximum absolute atomic E-state index is 14.1. The van der Waals surface area contributed by atoms with Crippen LogP contribution in [0.1, 0.15) is 85.6 Å². The lowest BCUT2D eigenvalue weighted by molar-refractivity contribution is -0.136. The number of nitrogens with one attached hydrogen (secondary N) is 6. The van der Waals surface area contributed by atoms with E-state index in [0.717, 1.165) is 10.9 Å². The fourth-order valence-electron chi connectivity index (χ4n) is 5.93. The van der Waals surface area contributed by atoms with Gasteiger partial charge < -0.3 is 54.5 Å². The van der Waals surface area contributed by atoms with Crippen LogP contribution in [0.25, 0.3) is 10.9 Å². The number of carbonyl (C=O) groups is 7. The lowest BCUT2D eigenvalue weighted by Gasteiger charge is -2.28. The quantitative estimate of drug-likeness (QED) is 0.0626. The van der Waals surface area contributed by atoms with Crippen molar-refractivity contribution in [1.82, 2.24) is 31.6 Å². The van der Waals surface area contributed by atoms with E-state index in [1.165, 1.54) is 0 Å². The Balaban J connectivity index is 2.45. The van der Waals surface area contributed by atoms with Gasteiger partial charge in [-0.15, -0.1) is 0 Å². The summed E-state index contributed by atoms with van der Waals surface area (Å²) in [5, 5.41) is 14.2. The fraction of sp³-hybridized carbons (Fsp3) is 0.605. The van der Waals surface area contributed by atoms with E-state index in [9.17, 15) is 33.6 Å². The highest BCUT2D eigenvalue weighted by Crippen LogP contribution is 2.20. The van der Waals surface area contributed by atoms with Gasteiger partial charge >= 0.3 is 0 Å². The average Bonchev–Trinajstić information content (AvgIpc) is 3.52. The van der Waals surface area contributed by atoms with Crippen LogP contribution in [0.5, 0.6) is 0 Å². The van der Waals surface area contributed by atoms with Crippen LogP contribution in [-0.4, -0.2) is 89.1 Å². The topological polar surface area (TPSA) is 300 Å². The van der Waals surface area contributed by atoms with Crippen LogP contribution in [0, 0.1) is 17.8 Å². The zero-order valence-corrected chi connectivity index (χ0v) is 32.9. The van der Waals surface area contributed by atoms with E-state index in [-0.39, 0.29) is 43.9 Å². The van der Waals surface area contributed by atoms with Crippen LogP contribution >= 0.6 is 0 Å². The standard InChI is InChI=1S/C38H62N10O7/c1-20(2)17-28(47-37(54)31(41)21(3)4)35(52)45-27(14-15-30(40)49)34(51)46-29(18-23-19-43-25-12-8-7-11-24(23)25)36(53)48-32(22(5)6)38(55)44-26(33(42)50)13-9-10-16-39/h7-8,11-12,19-22,26-29,31-32,43H,9-10,13-18,39,41H2,1-6H3,(H2,40,49)(H2,42,50)(H,44,55)(H,45,52)(H,46,51)(H,47,54)(H,48,53)/t26-,27-,28-,29-,31-,32-/m0/s1. The first-order valence-electron chi connectivity index (χ1n) is 19.0. The van der Waals surface area contributed by atoms with Crippen LogP contribution in [0.4, 0.5) is 0 Å². The van der Waals surface area contributed by atoms with Gasteiger partial charge in [-0.25, -0.2) is 0 Å². The number of carbonyl (C=O) groups excluding carboxylic acids is 7. The third-order valence-corrected chi connectivity index (χ3v) is 9.26. The largest absolute Gasteiger partial charge is 0.370 e. The molecule has 14 N–H and O–H groups in total. The van der Waals surface area contributed by atoms with Gasteiger partial charge in [0.05, 0.1) is 6.04 Å². The second-order valence-corrected chi connectivity index (χ2v) is 15.1. The van der Waals surface area contributed by atoms with Crippen molar-refractivity contribution in [2.75, 3.05) is 6.54 Å². The van der Waals surface area contributed by atoms with Crippen molar-refractivity contribution < 1.29 is 33.6 Å². The van der Waals surface area contributed by atoms with Gasteiger partial charge in [0, 0.05) is 29.9 Å². The molecule has 2 rings (SSSR count). The molecular formula is C38H62N10O7. The van der Waals surface area contributed by atoms with Gasteiger partial charge in [0.25, 0.3) is 0 Å². The summed E-state index contributed by atoms with van der Waals surface area (Å²) in [6.07, 6.45) is 2.84. The first-order valence-corrected chi connectivity index (χ1v) is 19.0. The highest BCUT2D eigenvalue weighted by atomic mass is 16.2. The molecule has 0 aliphatic carbocycles. The Labute approximate surface area is 323 Å². The minimum absolute atomic E-state index is 0.0351. The normalized spacial score (nSPS) is 14.7. The Morgan fingerprint density at radius 1 is 0.673 bits per heavy atom. The molecular weight excluding hydrogens is 708 g/mol. The molecule has 0 saturated carbocycles. The number of nitrogens with two attached hydrogens (primary N) is 4. The molecule has 0 aliphatic rings. The highest BCUT2D eigenvalue weighted by Gasteiger charge is 2.34. The van der Waals surface area contributed by atoms with Crippen LogP contribution in [0.3, 0.4) is 0 Å².